The Kier molecular flexibility index (Phi) is 5.12. The lowest BCUT2D eigenvalue weighted by atomic mass is 9.88. The molecule has 2 saturated carbocycles. The molecule has 0 aromatic heterocycles. The molecule has 2 aliphatic carbocycles. The molecule has 5 heteroatoms. The number of hydrogen-bond donors (Lipinski definition) is 1. The van der Waals surface area contributed by atoms with Gasteiger partial charge < -0.3 is 5.32 Å². The lowest BCUT2D eigenvalue weighted by molar-refractivity contribution is -0.155. The third-order valence-electron chi connectivity index (χ3n) is 4.19. The van der Waals surface area contributed by atoms with E-state index in [9.17, 15) is 13.2 Å². The molecule has 112 valence electrons. The lowest BCUT2D eigenvalue weighted by Gasteiger charge is -2.41. The van der Waals surface area contributed by atoms with Crippen LogP contribution in [0.1, 0.15) is 51.9 Å². The van der Waals surface area contributed by atoms with Crippen molar-refractivity contribution in [3.05, 3.63) is 0 Å². The molecule has 0 aliphatic heterocycles. The standard InChI is InChI=1S/C14H25F3N2/c1-2-9-18-12-5-3-4-6-13(12)19(11-7-8-11)10-14(15,16)17/h11-13,18H,2-10H2,1H3. The maximum absolute atomic E-state index is 12.8. The predicted octanol–water partition coefficient (Wildman–Crippen LogP) is 3.32. The van der Waals surface area contributed by atoms with Gasteiger partial charge in [0, 0.05) is 18.1 Å². The Morgan fingerprint density at radius 2 is 1.79 bits per heavy atom. The summed E-state index contributed by atoms with van der Waals surface area (Å²) >= 11 is 0. The van der Waals surface area contributed by atoms with E-state index in [4.69, 9.17) is 0 Å². The van der Waals surface area contributed by atoms with Gasteiger partial charge in [-0.15, -0.1) is 0 Å². The van der Waals surface area contributed by atoms with Gasteiger partial charge in [-0.25, -0.2) is 0 Å². The first kappa shape index (κ1) is 15.1. The zero-order valence-electron chi connectivity index (χ0n) is 11.7. The molecule has 0 saturated heterocycles. The molecule has 2 fully saturated rings. The van der Waals surface area contributed by atoms with Crippen molar-refractivity contribution in [1.29, 1.82) is 0 Å². The van der Waals surface area contributed by atoms with Crippen LogP contribution in [0.3, 0.4) is 0 Å². The smallest absolute Gasteiger partial charge is 0.312 e. The fraction of sp³-hybridized carbons (Fsp3) is 1.00. The lowest BCUT2D eigenvalue weighted by Crippen LogP contribution is -2.54. The molecule has 19 heavy (non-hydrogen) atoms. The van der Waals surface area contributed by atoms with Gasteiger partial charge in [-0.3, -0.25) is 4.90 Å². The number of alkyl halides is 3. The molecule has 0 amide bonds. The Hall–Kier alpha value is -0.290. The van der Waals surface area contributed by atoms with E-state index >= 15 is 0 Å². The molecular weight excluding hydrogens is 253 g/mol. The zero-order chi connectivity index (χ0) is 13.9. The molecule has 0 heterocycles. The summed E-state index contributed by atoms with van der Waals surface area (Å²) in [6, 6.07) is 0.502. The summed E-state index contributed by atoms with van der Waals surface area (Å²) in [5.74, 6) is 0. The number of nitrogens with one attached hydrogen (secondary N) is 1. The second-order valence-electron chi connectivity index (χ2n) is 5.93. The molecule has 0 aromatic carbocycles. The highest BCUT2D eigenvalue weighted by Crippen LogP contribution is 2.36. The average molecular weight is 278 g/mol. The molecular formula is C14H25F3N2. The largest absolute Gasteiger partial charge is 0.401 e. The second kappa shape index (κ2) is 6.44. The maximum Gasteiger partial charge on any atom is 0.401 e. The van der Waals surface area contributed by atoms with Crippen molar-refractivity contribution < 1.29 is 13.2 Å². The molecule has 2 nitrogen and oxygen atoms in total. The highest BCUT2D eigenvalue weighted by atomic mass is 19.4. The summed E-state index contributed by atoms with van der Waals surface area (Å²) in [5.41, 5.74) is 0. The van der Waals surface area contributed by atoms with Crippen molar-refractivity contribution in [2.24, 2.45) is 0 Å². The molecule has 2 aliphatic rings. The third-order valence-corrected chi connectivity index (χ3v) is 4.19. The van der Waals surface area contributed by atoms with E-state index in [-0.39, 0.29) is 18.1 Å². The van der Waals surface area contributed by atoms with Crippen molar-refractivity contribution in [2.75, 3.05) is 13.1 Å². The van der Waals surface area contributed by atoms with E-state index in [1.165, 1.54) is 0 Å². The summed E-state index contributed by atoms with van der Waals surface area (Å²) in [7, 11) is 0. The van der Waals surface area contributed by atoms with Gasteiger partial charge in [0.2, 0.25) is 0 Å². The van der Waals surface area contributed by atoms with Crippen molar-refractivity contribution >= 4 is 0 Å². The molecule has 2 atom stereocenters. The normalized spacial score (nSPS) is 28.9. The van der Waals surface area contributed by atoms with E-state index in [1.54, 1.807) is 4.90 Å². The molecule has 1 N–H and O–H groups in total. The first-order valence-corrected chi connectivity index (χ1v) is 7.57. The Morgan fingerprint density at radius 3 is 2.37 bits per heavy atom. The number of rotatable bonds is 6. The van der Waals surface area contributed by atoms with E-state index in [1.807, 2.05) is 0 Å². The van der Waals surface area contributed by atoms with E-state index in [0.717, 1.165) is 51.5 Å². The topological polar surface area (TPSA) is 15.3 Å². The van der Waals surface area contributed by atoms with Crippen molar-refractivity contribution in [3.63, 3.8) is 0 Å². The molecule has 0 radical (unpaired) electrons. The summed E-state index contributed by atoms with van der Waals surface area (Å²) in [4.78, 5) is 1.74. The Balaban J connectivity index is 2.00. The van der Waals surface area contributed by atoms with E-state index in [2.05, 4.69) is 12.2 Å². The summed E-state index contributed by atoms with van der Waals surface area (Å²) < 4.78 is 38.3. The van der Waals surface area contributed by atoms with Gasteiger partial charge in [-0.2, -0.15) is 13.2 Å². The van der Waals surface area contributed by atoms with Crippen LogP contribution in [0.15, 0.2) is 0 Å². The number of hydrogen-bond acceptors (Lipinski definition) is 2. The maximum atomic E-state index is 12.8. The monoisotopic (exact) mass is 278 g/mol. The van der Waals surface area contributed by atoms with Gasteiger partial charge in [0.25, 0.3) is 0 Å². The van der Waals surface area contributed by atoms with Crippen LogP contribution >= 0.6 is 0 Å². The van der Waals surface area contributed by atoms with Crippen LogP contribution < -0.4 is 5.32 Å². The van der Waals surface area contributed by atoms with Gasteiger partial charge in [0.05, 0.1) is 6.54 Å². The molecule has 0 spiro atoms. The van der Waals surface area contributed by atoms with E-state index in [0.29, 0.717) is 0 Å². The average Bonchev–Trinajstić information content (AvgIpc) is 3.17. The van der Waals surface area contributed by atoms with Crippen molar-refractivity contribution in [3.8, 4) is 0 Å². The molecule has 2 rings (SSSR count). The van der Waals surface area contributed by atoms with Crippen molar-refractivity contribution in [1.82, 2.24) is 10.2 Å². The fourth-order valence-corrected chi connectivity index (χ4v) is 3.21. The SMILES string of the molecule is CCCNC1CCCCC1N(CC(F)(F)F)C1CC1. The van der Waals surface area contributed by atoms with E-state index < -0.39 is 12.7 Å². The molecule has 0 bridgehead atoms. The fourth-order valence-electron chi connectivity index (χ4n) is 3.21. The summed E-state index contributed by atoms with van der Waals surface area (Å²) in [6.45, 7) is 2.28. The number of halogens is 3. The van der Waals surface area contributed by atoms with Gasteiger partial charge >= 0.3 is 6.18 Å². The Labute approximate surface area is 113 Å². The quantitative estimate of drug-likeness (QED) is 0.802. The highest BCUT2D eigenvalue weighted by Gasteiger charge is 2.43. The predicted molar refractivity (Wildman–Crippen MR) is 70.1 cm³/mol. The van der Waals surface area contributed by atoms with Crippen LogP contribution in [-0.4, -0.2) is 42.3 Å². The molecule has 2 unspecified atom stereocenters. The van der Waals surface area contributed by atoms with Crippen LogP contribution in [0.4, 0.5) is 13.2 Å². The first-order valence-electron chi connectivity index (χ1n) is 7.57. The van der Waals surface area contributed by atoms with Crippen LogP contribution in [0, 0.1) is 0 Å². The second-order valence-corrected chi connectivity index (χ2v) is 5.93. The summed E-state index contributed by atoms with van der Waals surface area (Å²) in [6.07, 6.45) is 2.97. The minimum Gasteiger partial charge on any atom is -0.312 e. The first-order chi connectivity index (χ1) is 9.01. The minimum absolute atomic E-state index is 0.0782. The Morgan fingerprint density at radius 1 is 1.11 bits per heavy atom. The van der Waals surface area contributed by atoms with Crippen LogP contribution in [0.2, 0.25) is 0 Å². The Bertz CT molecular complexity index is 276. The van der Waals surface area contributed by atoms with Crippen LogP contribution in [-0.2, 0) is 0 Å². The van der Waals surface area contributed by atoms with Crippen LogP contribution in [0.25, 0.3) is 0 Å². The highest BCUT2D eigenvalue weighted by molar-refractivity contribution is 4.96. The van der Waals surface area contributed by atoms with Gasteiger partial charge in [0.15, 0.2) is 0 Å². The third kappa shape index (κ3) is 4.63. The summed E-state index contributed by atoms with van der Waals surface area (Å²) in [5, 5.41) is 3.46. The van der Waals surface area contributed by atoms with Crippen LogP contribution in [0.5, 0.6) is 0 Å². The van der Waals surface area contributed by atoms with Crippen molar-refractivity contribution in [2.45, 2.75) is 76.2 Å². The minimum atomic E-state index is -4.07. The van der Waals surface area contributed by atoms with Gasteiger partial charge in [0.1, 0.15) is 0 Å². The zero-order valence-corrected chi connectivity index (χ0v) is 11.7. The molecule has 0 aromatic rings. The number of nitrogens with zero attached hydrogens (tertiary/aromatic N) is 1. The van der Waals surface area contributed by atoms with Gasteiger partial charge in [-0.1, -0.05) is 19.8 Å². The van der Waals surface area contributed by atoms with Gasteiger partial charge in [-0.05, 0) is 38.6 Å².